The van der Waals surface area contributed by atoms with Gasteiger partial charge in [0.15, 0.2) is 5.13 Å². The van der Waals surface area contributed by atoms with E-state index in [0.29, 0.717) is 51.5 Å². The van der Waals surface area contributed by atoms with E-state index in [0.717, 1.165) is 11.6 Å². The maximum Gasteiger partial charge on any atom is 0.273 e. The molecule has 0 unspecified atom stereocenters. The minimum Gasteiger partial charge on any atom is -0.357 e. The van der Waals surface area contributed by atoms with Crippen LogP contribution in [0.25, 0.3) is 0 Å². The summed E-state index contributed by atoms with van der Waals surface area (Å²) in [6.07, 6.45) is 0.824. The Hall–Kier alpha value is -3.23. The van der Waals surface area contributed by atoms with E-state index in [1.165, 1.54) is 22.5 Å². The molecule has 1 aromatic heterocycles. The van der Waals surface area contributed by atoms with Crippen molar-refractivity contribution >= 4 is 28.3 Å². The highest BCUT2D eigenvalue weighted by molar-refractivity contribution is 7.13. The van der Waals surface area contributed by atoms with E-state index in [-0.39, 0.29) is 11.8 Å². The Morgan fingerprint density at radius 3 is 2.27 bits per heavy atom. The van der Waals surface area contributed by atoms with Gasteiger partial charge in [-0.25, -0.2) is 4.98 Å². The molecule has 0 aliphatic carbocycles. The molecule has 7 nitrogen and oxygen atoms in total. The third-order valence-corrected chi connectivity index (χ3v) is 6.42. The van der Waals surface area contributed by atoms with E-state index in [4.69, 9.17) is 0 Å². The molecule has 1 aliphatic rings. The maximum absolute atomic E-state index is 12.8. The van der Waals surface area contributed by atoms with Gasteiger partial charge < -0.3 is 15.5 Å². The molecule has 3 aromatic rings. The number of benzene rings is 2. The normalized spacial score (nSPS) is 14.1. The van der Waals surface area contributed by atoms with Gasteiger partial charge in [-0.05, 0) is 17.5 Å². The Bertz CT molecular complexity index is 1030. The molecule has 2 aromatic carbocycles. The lowest BCUT2D eigenvalue weighted by Gasteiger charge is -2.33. The first-order valence-corrected chi connectivity index (χ1v) is 12.1. The first-order valence-electron chi connectivity index (χ1n) is 11.2. The van der Waals surface area contributed by atoms with E-state index >= 15 is 0 Å². The topological polar surface area (TPSA) is 77.6 Å². The first-order chi connectivity index (χ1) is 16.2. The Kier molecular flexibility index (Phi) is 8.05. The molecule has 4 rings (SSSR count). The molecule has 0 bridgehead atoms. The van der Waals surface area contributed by atoms with Crippen LogP contribution in [0.1, 0.15) is 21.6 Å². The number of carbonyl (C=O) groups excluding carboxylic acids is 2. The molecular weight excluding hydrogens is 434 g/mol. The van der Waals surface area contributed by atoms with E-state index in [1.807, 2.05) is 46.7 Å². The van der Waals surface area contributed by atoms with E-state index in [9.17, 15) is 9.59 Å². The highest BCUT2D eigenvalue weighted by atomic mass is 32.1. The standard InChI is InChI=1S/C25H29N5O2S/c31-23(26-12-11-20-7-3-1-4-8-20)18-29-13-15-30(16-14-29)24(32)22-19-33-25(28-22)27-17-21-9-5-2-6-10-21/h1-10,19H,11-18H2,(H,26,31)(H,27,28). The number of hydrogen-bond acceptors (Lipinski definition) is 6. The molecule has 0 saturated carbocycles. The predicted octanol–water partition coefficient (Wildman–Crippen LogP) is 2.87. The molecule has 33 heavy (non-hydrogen) atoms. The number of nitrogens with one attached hydrogen (secondary N) is 2. The van der Waals surface area contributed by atoms with Crippen molar-refractivity contribution in [3.05, 3.63) is 82.9 Å². The molecule has 2 amide bonds. The summed E-state index contributed by atoms with van der Waals surface area (Å²) in [6.45, 7) is 4.23. The molecular formula is C25H29N5O2S. The van der Waals surface area contributed by atoms with Crippen LogP contribution in [-0.2, 0) is 17.8 Å². The number of amides is 2. The van der Waals surface area contributed by atoms with Crippen LogP contribution in [0.3, 0.4) is 0 Å². The van der Waals surface area contributed by atoms with Crippen molar-refractivity contribution in [3.8, 4) is 0 Å². The summed E-state index contributed by atoms with van der Waals surface area (Å²) in [5.41, 5.74) is 2.86. The van der Waals surface area contributed by atoms with Crippen molar-refractivity contribution in [1.82, 2.24) is 20.1 Å². The van der Waals surface area contributed by atoms with Crippen LogP contribution in [0, 0.1) is 0 Å². The second-order valence-electron chi connectivity index (χ2n) is 8.03. The SMILES string of the molecule is O=C(CN1CCN(C(=O)c2csc(NCc3ccccc3)n2)CC1)NCCc1ccccc1. The van der Waals surface area contributed by atoms with Gasteiger partial charge in [-0.15, -0.1) is 11.3 Å². The monoisotopic (exact) mass is 463 g/mol. The van der Waals surface area contributed by atoms with Crippen LogP contribution in [-0.4, -0.2) is 65.9 Å². The lowest BCUT2D eigenvalue weighted by molar-refractivity contribution is -0.122. The van der Waals surface area contributed by atoms with E-state index < -0.39 is 0 Å². The second kappa shape index (κ2) is 11.6. The molecule has 1 saturated heterocycles. The summed E-state index contributed by atoms with van der Waals surface area (Å²) in [6, 6.07) is 20.2. The third kappa shape index (κ3) is 6.87. The number of hydrogen-bond donors (Lipinski definition) is 2. The molecule has 172 valence electrons. The maximum atomic E-state index is 12.8. The van der Waals surface area contributed by atoms with Crippen molar-refractivity contribution in [2.45, 2.75) is 13.0 Å². The van der Waals surface area contributed by atoms with Crippen LogP contribution in [0.2, 0.25) is 0 Å². The van der Waals surface area contributed by atoms with Crippen molar-refractivity contribution < 1.29 is 9.59 Å². The Balaban J connectivity index is 1.17. The molecule has 2 heterocycles. The lowest BCUT2D eigenvalue weighted by atomic mass is 10.1. The van der Waals surface area contributed by atoms with Gasteiger partial charge in [0.25, 0.3) is 5.91 Å². The van der Waals surface area contributed by atoms with Gasteiger partial charge in [-0.3, -0.25) is 14.5 Å². The average molecular weight is 464 g/mol. The van der Waals surface area contributed by atoms with Gasteiger partial charge in [-0.2, -0.15) is 0 Å². The molecule has 1 fully saturated rings. The van der Waals surface area contributed by atoms with Crippen LogP contribution >= 0.6 is 11.3 Å². The Labute approximate surface area is 198 Å². The lowest BCUT2D eigenvalue weighted by Crippen LogP contribution is -2.51. The zero-order valence-corrected chi connectivity index (χ0v) is 19.4. The average Bonchev–Trinajstić information content (AvgIpc) is 3.33. The fourth-order valence-corrected chi connectivity index (χ4v) is 4.43. The van der Waals surface area contributed by atoms with Crippen LogP contribution in [0.4, 0.5) is 5.13 Å². The molecule has 0 spiro atoms. The number of anilines is 1. The number of thiazole rings is 1. The Morgan fingerprint density at radius 2 is 1.58 bits per heavy atom. The van der Waals surface area contributed by atoms with Crippen LogP contribution in [0.5, 0.6) is 0 Å². The van der Waals surface area contributed by atoms with Gasteiger partial charge in [0, 0.05) is 44.6 Å². The van der Waals surface area contributed by atoms with Gasteiger partial charge in [0.05, 0.1) is 6.54 Å². The number of nitrogens with zero attached hydrogens (tertiary/aromatic N) is 3. The highest BCUT2D eigenvalue weighted by Crippen LogP contribution is 2.18. The number of rotatable bonds is 9. The molecule has 0 atom stereocenters. The summed E-state index contributed by atoms with van der Waals surface area (Å²) in [4.78, 5) is 33.5. The van der Waals surface area contributed by atoms with Crippen molar-refractivity contribution in [1.29, 1.82) is 0 Å². The quantitative estimate of drug-likeness (QED) is 0.510. The van der Waals surface area contributed by atoms with Crippen molar-refractivity contribution in [3.63, 3.8) is 0 Å². The summed E-state index contributed by atoms with van der Waals surface area (Å²) >= 11 is 1.44. The van der Waals surface area contributed by atoms with Gasteiger partial charge >= 0.3 is 0 Å². The summed E-state index contributed by atoms with van der Waals surface area (Å²) in [5, 5.41) is 8.82. The fourth-order valence-electron chi connectivity index (χ4n) is 3.75. The van der Waals surface area contributed by atoms with Crippen LogP contribution in [0.15, 0.2) is 66.0 Å². The molecule has 1 aliphatic heterocycles. The zero-order chi connectivity index (χ0) is 22.9. The smallest absolute Gasteiger partial charge is 0.273 e. The molecule has 8 heteroatoms. The Morgan fingerprint density at radius 1 is 0.909 bits per heavy atom. The van der Waals surface area contributed by atoms with Gasteiger partial charge in [-0.1, -0.05) is 60.7 Å². The third-order valence-electron chi connectivity index (χ3n) is 5.62. The number of aromatic nitrogens is 1. The van der Waals surface area contributed by atoms with Crippen molar-refractivity contribution in [2.24, 2.45) is 0 Å². The summed E-state index contributed by atoms with van der Waals surface area (Å²) in [5.74, 6) is -0.0229. The number of carbonyl (C=O) groups is 2. The number of piperazine rings is 1. The highest BCUT2D eigenvalue weighted by Gasteiger charge is 2.24. The predicted molar refractivity (Wildman–Crippen MR) is 131 cm³/mol. The summed E-state index contributed by atoms with van der Waals surface area (Å²) < 4.78 is 0. The van der Waals surface area contributed by atoms with Gasteiger partial charge in [0.2, 0.25) is 5.91 Å². The van der Waals surface area contributed by atoms with E-state index in [2.05, 4.69) is 44.8 Å². The second-order valence-corrected chi connectivity index (χ2v) is 8.89. The zero-order valence-electron chi connectivity index (χ0n) is 18.6. The van der Waals surface area contributed by atoms with Crippen LogP contribution < -0.4 is 10.6 Å². The minimum atomic E-state index is -0.0500. The molecule has 0 radical (unpaired) electrons. The fraction of sp³-hybridized carbons (Fsp3) is 0.320. The first kappa shape index (κ1) is 22.9. The molecule has 2 N–H and O–H groups in total. The van der Waals surface area contributed by atoms with Crippen molar-refractivity contribution in [2.75, 3.05) is 44.6 Å². The largest absolute Gasteiger partial charge is 0.357 e. The summed E-state index contributed by atoms with van der Waals surface area (Å²) in [7, 11) is 0. The minimum absolute atomic E-state index is 0.0272. The van der Waals surface area contributed by atoms with Gasteiger partial charge in [0.1, 0.15) is 5.69 Å². The van der Waals surface area contributed by atoms with E-state index in [1.54, 1.807) is 0 Å².